The molecule has 274 valence electrons. The average Bonchev–Trinajstić information content (AvgIpc) is 3.53. The minimum Gasteiger partial charge on any atom is -0.434 e. The van der Waals surface area contributed by atoms with Crippen molar-refractivity contribution >= 4 is 51.6 Å². The van der Waals surface area contributed by atoms with E-state index in [1.165, 1.54) is 0 Å². The number of rotatable bonds is 7. The molecule has 0 saturated heterocycles. The first-order valence-electron chi connectivity index (χ1n) is 16.0. The molecule has 2 aromatic carbocycles. The van der Waals surface area contributed by atoms with Crippen molar-refractivity contribution in [2.24, 2.45) is 0 Å². The molecule has 1 spiro atoms. The first-order valence-corrected chi connectivity index (χ1v) is 18.1. The molecule has 2 heterocycles. The number of methoxy groups -OCH3 is 1. The van der Waals surface area contributed by atoms with Crippen LogP contribution in [0.25, 0.3) is 11.3 Å². The number of hydrogen-bond donors (Lipinski definition) is 1. The number of halogens is 5. The third-order valence-electron chi connectivity index (χ3n) is 8.68. The minimum absolute atomic E-state index is 0.000290. The predicted molar refractivity (Wildman–Crippen MR) is 186 cm³/mol. The van der Waals surface area contributed by atoms with Gasteiger partial charge in [-0.2, -0.15) is 23.5 Å². The lowest BCUT2D eigenvalue weighted by atomic mass is 9.79. The van der Waals surface area contributed by atoms with E-state index in [0.717, 1.165) is 46.3 Å². The van der Waals surface area contributed by atoms with Crippen LogP contribution in [0, 0.1) is 32.1 Å². The van der Waals surface area contributed by atoms with E-state index >= 15 is 0 Å². The first-order chi connectivity index (χ1) is 24.0. The van der Waals surface area contributed by atoms with Gasteiger partial charge in [0.1, 0.15) is 17.5 Å². The fourth-order valence-corrected chi connectivity index (χ4v) is 7.76. The van der Waals surface area contributed by atoms with E-state index in [4.69, 9.17) is 42.7 Å². The van der Waals surface area contributed by atoms with Crippen molar-refractivity contribution in [1.82, 2.24) is 15.1 Å². The number of nitrogens with zero attached hydrogens (tertiary/aromatic N) is 3. The van der Waals surface area contributed by atoms with Crippen LogP contribution in [0.15, 0.2) is 41.0 Å². The molecule has 5 rings (SSSR count). The van der Waals surface area contributed by atoms with Gasteiger partial charge in [-0.05, 0) is 76.6 Å². The van der Waals surface area contributed by atoms with Gasteiger partial charge >= 0.3 is 12.3 Å². The van der Waals surface area contributed by atoms with E-state index < -0.39 is 34.2 Å². The van der Waals surface area contributed by atoms with Crippen LogP contribution in [0.2, 0.25) is 10.0 Å². The Morgan fingerprint density at radius 3 is 2.29 bits per heavy atom. The highest BCUT2D eigenvalue weighted by Gasteiger charge is 2.50. The van der Waals surface area contributed by atoms with Gasteiger partial charge < -0.3 is 19.5 Å². The Morgan fingerprint density at radius 1 is 1.14 bits per heavy atom. The molecule has 2 aliphatic rings. The van der Waals surface area contributed by atoms with Crippen LogP contribution < -0.4 is 5.32 Å². The second-order valence-electron chi connectivity index (χ2n) is 12.0. The standard InChI is InChI=1S/C21H27NO5.C14H10Cl2F3N3OS/c1-5-26-20(24)27-18-17(16-12-13(2)6-7-14(16)3)19(23)22-21(18)10-8-15(25-4)9-11-21;1-3-24(23)13-7(2)22(21-11(13)6-20)12-9(15)4-8(5-10(12)16)14(17,18)19/h6-7,12,15H,5,8-11H2,1-4H3,(H,22,23);4-5H,3H2,1-2H3. The minimum atomic E-state index is -4.60. The lowest BCUT2D eigenvalue weighted by molar-refractivity contribution is -0.137. The lowest BCUT2D eigenvalue weighted by Gasteiger charge is -2.37. The molecule has 0 radical (unpaired) electrons. The predicted octanol–water partition coefficient (Wildman–Crippen LogP) is 8.15. The molecule has 1 aliphatic heterocycles. The maximum absolute atomic E-state index is 13.0. The van der Waals surface area contributed by atoms with Gasteiger partial charge in [0.2, 0.25) is 0 Å². The number of ether oxygens (including phenoxy) is 3. The van der Waals surface area contributed by atoms with Crippen LogP contribution in [0.3, 0.4) is 0 Å². The number of aromatic nitrogens is 2. The van der Waals surface area contributed by atoms with Gasteiger partial charge in [0.15, 0.2) is 5.69 Å². The molecular formula is C35H37Cl2F3N4O6S. The average molecular weight is 770 g/mol. The van der Waals surface area contributed by atoms with E-state index in [0.29, 0.717) is 29.9 Å². The summed E-state index contributed by atoms with van der Waals surface area (Å²) in [4.78, 5) is 25.3. The fraction of sp³-hybridized carbons (Fsp3) is 0.429. The number of nitriles is 1. The van der Waals surface area contributed by atoms with Gasteiger partial charge in [0, 0.05) is 12.9 Å². The number of benzene rings is 2. The second kappa shape index (κ2) is 16.2. The first kappa shape index (κ1) is 39.9. The number of amides is 1. The molecule has 1 unspecified atom stereocenters. The van der Waals surface area contributed by atoms with Crippen molar-refractivity contribution in [3.63, 3.8) is 0 Å². The van der Waals surface area contributed by atoms with Crippen molar-refractivity contribution in [2.75, 3.05) is 19.5 Å². The molecule has 3 aromatic rings. The Hall–Kier alpha value is -3.90. The molecule has 1 saturated carbocycles. The number of aryl methyl sites for hydroxylation is 2. The maximum Gasteiger partial charge on any atom is 0.513 e. The van der Waals surface area contributed by atoms with Crippen LogP contribution in [-0.2, 0) is 36.0 Å². The number of carbonyl (C=O) groups excluding carboxylic acids is 2. The smallest absolute Gasteiger partial charge is 0.434 e. The second-order valence-corrected chi connectivity index (χ2v) is 14.5. The van der Waals surface area contributed by atoms with Gasteiger partial charge in [-0.25, -0.2) is 9.48 Å². The summed E-state index contributed by atoms with van der Waals surface area (Å²) in [5, 5.41) is 15.7. The third kappa shape index (κ3) is 8.43. The summed E-state index contributed by atoms with van der Waals surface area (Å²) < 4.78 is 67.8. The zero-order valence-corrected chi connectivity index (χ0v) is 31.1. The monoisotopic (exact) mass is 768 g/mol. The highest BCUT2D eigenvalue weighted by atomic mass is 35.5. The van der Waals surface area contributed by atoms with E-state index in [2.05, 4.69) is 10.4 Å². The van der Waals surface area contributed by atoms with E-state index in [1.807, 2.05) is 38.1 Å². The highest BCUT2D eigenvalue weighted by molar-refractivity contribution is 7.85. The Labute approximate surface area is 306 Å². The summed E-state index contributed by atoms with van der Waals surface area (Å²) in [7, 11) is 0.228. The molecule has 1 N–H and O–H groups in total. The molecule has 1 aliphatic carbocycles. The normalized spacial score (nSPS) is 19.3. The van der Waals surface area contributed by atoms with Crippen molar-refractivity contribution in [3.05, 3.63) is 79.8 Å². The number of carbonyl (C=O) groups is 2. The van der Waals surface area contributed by atoms with Gasteiger partial charge in [0.25, 0.3) is 5.91 Å². The van der Waals surface area contributed by atoms with E-state index in [9.17, 15) is 27.0 Å². The molecule has 51 heavy (non-hydrogen) atoms. The number of nitrogens with one attached hydrogen (secondary N) is 1. The Balaban J connectivity index is 0.000000230. The van der Waals surface area contributed by atoms with Crippen molar-refractivity contribution in [3.8, 4) is 11.8 Å². The zero-order chi connectivity index (χ0) is 37.8. The van der Waals surface area contributed by atoms with E-state index in [1.54, 1.807) is 27.9 Å². The molecule has 1 fully saturated rings. The maximum atomic E-state index is 13.0. The summed E-state index contributed by atoms with van der Waals surface area (Å²) in [6, 6.07) is 9.21. The summed E-state index contributed by atoms with van der Waals surface area (Å²) >= 11 is 11.9. The third-order valence-corrected chi connectivity index (χ3v) is 10.7. The largest absolute Gasteiger partial charge is 0.513 e. The van der Waals surface area contributed by atoms with Gasteiger partial charge in [0.05, 0.1) is 60.8 Å². The Kier molecular flexibility index (Phi) is 12.7. The van der Waals surface area contributed by atoms with Crippen LogP contribution >= 0.6 is 23.2 Å². The van der Waals surface area contributed by atoms with Crippen LogP contribution in [0.5, 0.6) is 0 Å². The van der Waals surface area contributed by atoms with Gasteiger partial charge in [-0.3, -0.25) is 9.00 Å². The molecular weight excluding hydrogens is 732 g/mol. The van der Waals surface area contributed by atoms with Crippen molar-refractivity contribution < 1.29 is 41.2 Å². The van der Waals surface area contributed by atoms with Crippen LogP contribution in [-0.4, -0.2) is 57.2 Å². The van der Waals surface area contributed by atoms with Gasteiger partial charge in [-0.15, -0.1) is 0 Å². The molecule has 1 aromatic heterocycles. The molecule has 16 heteroatoms. The van der Waals surface area contributed by atoms with Crippen molar-refractivity contribution in [1.29, 1.82) is 5.26 Å². The van der Waals surface area contributed by atoms with Crippen LogP contribution in [0.4, 0.5) is 18.0 Å². The number of alkyl halides is 3. The quantitative estimate of drug-likeness (QED) is 0.238. The topological polar surface area (TPSA) is 133 Å². The fourth-order valence-electron chi connectivity index (χ4n) is 6.11. The molecule has 0 bridgehead atoms. The summed E-state index contributed by atoms with van der Waals surface area (Å²) in [5.41, 5.74) is 1.77. The zero-order valence-electron chi connectivity index (χ0n) is 28.8. The number of hydrogen-bond acceptors (Lipinski definition) is 8. The summed E-state index contributed by atoms with van der Waals surface area (Å²) in [5.74, 6) is 0.434. The molecule has 1 amide bonds. The van der Waals surface area contributed by atoms with Gasteiger partial charge in [-0.1, -0.05) is 53.9 Å². The summed E-state index contributed by atoms with van der Waals surface area (Å²) in [6.45, 7) is 9.07. The Morgan fingerprint density at radius 2 is 1.76 bits per heavy atom. The van der Waals surface area contributed by atoms with Crippen molar-refractivity contribution in [2.45, 2.75) is 83.0 Å². The highest BCUT2D eigenvalue weighted by Crippen LogP contribution is 2.44. The molecule has 10 nitrogen and oxygen atoms in total. The lowest BCUT2D eigenvalue weighted by Crippen LogP contribution is -2.49. The molecule has 1 atom stereocenters. The SMILES string of the molecule is CCOC(=O)OC1=C(c2cc(C)ccc2C)C(=O)NC12CCC(OC)CC2.CCS(=O)c1c(C#N)nn(-c2c(Cl)cc(C(F)(F)F)cc2Cl)c1C. The summed E-state index contributed by atoms with van der Waals surface area (Å²) in [6.07, 6.45) is -2.35. The van der Waals surface area contributed by atoms with Crippen LogP contribution in [0.1, 0.15) is 73.2 Å². The Bertz CT molecular complexity index is 1910. The van der Waals surface area contributed by atoms with E-state index in [-0.39, 0.29) is 50.7 Å².